The van der Waals surface area contributed by atoms with Crippen molar-refractivity contribution in [3.05, 3.63) is 58.9 Å². The first-order chi connectivity index (χ1) is 13.1. The second-order valence-corrected chi connectivity index (χ2v) is 6.82. The maximum atomic E-state index is 13.9. The van der Waals surface area contributed by atoms with Crippen LogP contribution in [0.25, 0.3) is 0 Å². The van der Waals surface area contributed by atoms with Crippen LogP contribution in [-0.2, 0) is 0 Å². The molecule has 0 atom stereocenters. The molecule has 0 aromatic heterocycles. The molecule has 0 radical (unpaired) electrons. The molecule has 2 aromatic rings. The van der Waals surface area contributed by atoms with E-state index in [9.17, 15) is 9.18 Å². The molecule has 3 rings (SSSR count). The Balaban J connectivity index is 1.46. The number of piperazine rings is 1. The Morgan fingerprint density at radius 2 is 1.93 bits per heavy atom. The minimum Gasteiger partial charge on any atom is -0.496 e. The van der Waals surface area contributed by atoms with Crippen LogP contribution in [-0.4, -0.2) is 57.2 Å². The van der Waals surface area contributed by atoms with E-state index >= 15 is 0 Å². The molecule has 0 aliphatic carbocycles. The Morgan fingerprint density at radius 1 is 1.19 bits per heavy atom. The van der Waals surface area contributed by atoms with Crippen LogP contribution in [0.1, 0.15) is 10.4 Å². The smallest absolute Gasteiger partial charge is 0.255 e. The van der Waals surface area contributed by atoms with Gasteiger partial charge in [-0.2, -0.15) is 0 Å². The number of carbonyl (C=O) groups excluding carboxylic acids is 1. The second kappa shape index (κ2) is 9.06. The van der Waals surface area contributed by atoms with Crippen molar-refractivity contribution in [1.82, 2.24) is 10.2 Å². The molecule has 2 aromatic carbocycles. The van der Waals surface area contributed by atoms with E-state index in [0.717, 1.165) is 32.7 Å². The first-order valence-electron chi connectivity index (χ1n) is 8.92. The minimum absolute atomic E-state index is 0.186. The number of nitrogens with zero attached hydrogens (tertiary/aromatic N) is 2. The van der Waals surface area contributed by atoms with E-state index in [-0.39, 0.29) is 11.7 Å². The Hall–Kier alpha value is -2.31. The third-order valence-electron chi connectivity index (χ3n) is 4.69. The van der Waals surface area contributed by atoms with Gasteiger partial charge in [-0.15, -0.1) is 0 Å². The lowest BCUT2D eigenvalue weighted by molar-refractivity contribution is 0.0944. The Bertz CT molecular complexity index is 795. The fourth-order valence-corrected chi connectivity index (χ4v) is 3.37. The number of anilines is 1. The molecular formula is C20H23ClFN3O2. The number of ether oxygens (including phenoxy) is 1. The summed E-state index contributed by atoms with van der Waals surface area (Å²) in [5.41, 5.74) is 1.08. The molecule has 1 heterocycles. The molecule has 144 valence electrons. The molecule has 1 saturated heterocycles. The normalized spacial score (nSPS) is 14.9. The lowest BCUT2D eigenvalue weighted by Crippen LogP contribution is -2.48. The van der Waals surface area contributed by atoms with E-state index < -0.39 is 0 Å². The highest BCUT2D eigenvalue weighted by atomic mass is 35.5. The average Bonchev–Trinajstić information content (AvgIpc) is 2.69. The largest absolute Gasteiger partial charge is 0.496 e. The lowest BCUT2D eigenvalue weighted by atomic mass is 10.2. The fourth-order valence-electron chi connectivity index (χ4n) is 3.20. The van der Waals surface area contributed by atoms with Crippen molar-refractivity contribution < 1.29 is 13.9 Å². The highest BCUT2D eigenvalue weighted by Gasteiger charge is 2.19. The molecule has 1 fully saturated rings. The van der Waals surface area contributed by atoms with Gasteiger partial charge in [-0.1, -0.05) is 23.7 Å². The Morgan fingerprint density at radius 3 is 2.63 bits per heavy atom. The molecular weight excluding hydrogens is 369 g/mol. The molecule has 27 heavy (non-hydrogen) atoms. The quantitative estimate of drug-likeness (QED) is 0.822. The molecule has 1 N–H and O–H groups in total. The first-order valence-corrected chi connectivity index (χ1v) is 9.30. The van der Waals surface area contributed by atoms with E-state index in [4.69, 9.17) is 16.3 Å². The number of para-hydroxylation sites is 1. The summed E-state index contributed by atoms with van der Waals surface area (Å²) in [4.78, 5) is 16.7. The van der Waals surface area contributed by atoms with E-state index in [1.807, 2.05) is 12.1 Å². The van der Waals surface area contributed by atoms with Gasteiger partial charge >= 0.3 is 0 Å². The number of benzene rings is 2. The van der Waals surface area contributed by atoms with Crippen LogP contribution in [0, 0.1) is 5.82 Å². The SMILES string of the molecule is COc1ccc(Cl)cc1C(=O)NCCN1CCN(c2ccccc2F)CC1. The number of methoxy groups -OCH3 is 1. The molecule has 5 nitrogen and oxygen atoms in total. The fraction of sp³-hybridized carbons (Fsp3) is 0.350. The molecule has 0 unspecified atom stereocenters. The predicted octanol–water partition coefficient (Wildman–Crippen LogP) is 3.04. The van der Waals surface area contributed by atoms with Crippen LogP contribution in [0.3, 0.4) is 0 Å². The third-order valence-corrected chi connectivity index (χ3v) is 4.92. The van der Waals surface area contributed by atoms with Crippen LogP contribution in [0.4, 0.5) is 10.1 Å². The van der Waals surface area contributed by atoms with Crippen LogP contribution < -0.4 is 15.0 Å². The number of nitrogens with one attached hydrogen (secondary N) is 1. The summed E-state index contributed by atoms with van der Waals surface area (Å²) >= 11 is 5.97. The van der Waals surface area contributed by atoms with Crippen LogP contribution in [0.5, 0.6) is 5.75 Å². The van der Waals surface area contributed by atoms with Crippen molar-refractivity contribution >= 4 is 23.2 Å². The summed E-state index contributed by atoms with van der Waals surface area (Å²) in [5.74, 6) is 0.100. The van der Waals surface area contributed by atoms with E-state index in [2.05, 4.69) is 15.1 Å². The maximum Gasteiger partial charge on any atom is 0.255 e. The lowest BCUT2D eigenvalue weighted by Gasteiger charge is -2.36. The molecule has 1 aliphatic heterocycles. The van der Waals surface area contributed by atoms with Crippen molar-refractivity contribution in [2.45, 2.75) is 0 Å². The molecule has 7 heteroatoms. The zero-order valence-corrected chi connectivity index (χ0v) is 16.0. The monoisotopic (exact) mass is 391 g/mol. The van der Waals surface area contributed by atoms with Crippen molar-refractivity contribution in [2.75, 3.05) is 51.3 Å². The average molecular weight is 392 g/mol. The van der Waals surface area contributed by atoms with Gasteiger partial charge in [0.2, 0.25) is 0 Å². The third kappa shape index (κ3) is 4.90. The molecule has 0 saturated carbocycles. The van der Waals surface area contributed by atoms with Gasteiger partial charge < -0.3 is 15.0 Å². The summed E-state index contributed by atoms with van der Waals surface area (Å²) in [6, 6.07) is 11.8. The van der Waals surface area contributed by atoms with Gasteiger partial charge in [0, 0.05) is 44.3 Å². The van der Waals surface area contributed by atoms with Crippen molar-refractivity contribution in [1.29, 1.82) is 0 Å². The highest BCUT2D eigenvalue weighted by molar-refractivity contribution is 6.31. The van der Waals surface area contributed by atoms with Gasteiger partial charge in [0.1, 0.15) is 11.6 Å². The van der Waals surface area contributed by atoms with Gasteiger partial charge in [-0.3, -0.25) is 9.69 Å². The number of halogens is 2. The summed E-state index contributed by atoms with van der Waals surface area (Å²) in [6.45, 7) is 4.43. The second-order valence-electron chi connectivity index (χ2n) is 6.38. The van der Waals surface area contributed by atoms with Gasteiger partial charge in [-0.25, -0.2) is 4.39 Å². The van der Waals surface area contributed by atoms with Crippen LogP contribution in [0.15, 0.2) is 42.5 Å². The topological polar surface area (TPSA) is 44.8 Å². The van der Waals surface area contributed by atoms with Crippen LogP contribution >= 0.6 is 11.6 Å². The molecule has 1 aliphatic rings. The van der Waals surface area contributed by atoms with Gasteiger partial charge in [-0.05, 0) is 30.3 Å². The zero-order valence-electron chi connectivity index (χ0n) is 15.3. The number of hydrogen-bond donors (Lipinski definition) is 1. The van der Waals surface area contributed by atoms with Crippen molar-refractivity contribution in [3.63, 3.8) is 0 Å². The number of rotatable bonds is 6. The first kappa shape index (κ1) is 19.5. The Kier molecular flexibility index (Phi) is 6.53. The zero-order chi connectivity index (χ0) is 19.2. The minimum atomic E-state index is -0.209. The highest BCUT2D eigenvalue weighted by Crippen LogP contribution is 2.22. The van der Waals surface area contributed by atoms with E-state index in [1.165, 1.54) is 13.2 Å². The molecule has 0 spiro atoms. The van der Waals surface area contributed by atoms with E-state index in [1.54, 1.807) is 24.3 Å². The molecule has 1 amide bonds. The molecule has 0 bridgehead atoms. The number of hydrogen-bond acceptors (Lipinski definition) is 4. The van der Waals surface area contributed by atoms with Gasteiger partial charge in [0.05, 0.1) is 18.4 Å². The van der Waals surface area contributed by atoms with Gasteiger partial charge in [0.15, 0.2) is 0 Å². The van der Waals surface area contributed by atoms with Gasteiger partial charge in [0.25, 0.3) is 5.91 Å². The van der Waals surface area contributed by atoms with Crippen LogP contribution in [0.2, 0.25) is 5.02 Å². The van der Waals surface area contributed by atoms with Crippen molar-refractivity contribution in [2.24, 2.45) is 0 Å². The number of carbonyl (C=O) groups is 1. The van der Waals surface area contributed by atoms with E-state index in [0.29, 0.717) is 28.6 Å². The summed E-state index contributed by atoms with van der Waals surface area (Å²) < 4.78 is 19.1. The number of amides is 1. The van der Waals surface area contributed by atoms with Crippen molar-refractivity contribution in [3.8, 4) is 5.75 Å². The standard InChI is InChI=1S/C20H23ClFN3O2/c1-27-19-7-6-15(21)14-16(19)20(26)23-8-9-24-10-12-25(13-11-24)18-5-3-2-4-17(18)22/h2-7,14H,8-13H2,1H3,(H,23,26). The maximum absolute atomic E-state index is 13.9. The Labute approximate surface area is 163 Å². The summed E-state index contributed by atoms with van der Waals surface area (Å²) in [6.07, 6.45) is 0. The summed E-state index contributed by atoms with van der Waals surface area (Å²) in [7, 11) is 1.52. The summed E-state index contributed by atoms with van der Waals surface area (Å²) in [5, 5.41) is 3.40. The predicted molar refractivity (Wildman–Crippen MR) is 105 cm³/mol.